The molecule has 0 radical (unpaired) electrons. The van der Waals surface area contributed by atoms with Crippen molar-refractivity contribution < 1.29 is 0 Å². The van der Waals surface area contributed by atoms with E-state index in [-0.39, 0.29) is 5.41 Å². The second-order valence-corrected chi connectivity index (χ2v) is 5.64. The summed E-state index contributed by atoms with van der Waals surface area (Å²) >= 11 is 0. The van der Waals surface area contributed by atoms with E-state index in [0.717, 1.165) is 13.1 Å². The van der Waals surface area contributed by atoms with E-state index >= 15 is 0 Å². The summed E-state index contributed by atoms with van der Waals surface area (Å²) in [6.45, 7) is 14.6. The van der Waals surface area contributed by atoms with Crippen LogP contribution in [0.3, 0.4) is 0 Å². The molecule has 0 heterocycles. The Labute approximate surface area is 103 Å². The van der Waals surface area contributed by atoms with Crippen molar-refractivity contribution in [2.45, 2.75) is 66.3 Å². The van der Waals surface area contributed by atoms with Crippen LogP contribution in [0.2, 0.25) is 0 Å². The Morgan fingerprint density at radius 2 is 1.81 bits per heavy atom. The molecule has 0 spiro atoms. The summed E-state index contributed by atoms with van der Waals surface area (Å²) in [5, 5.41) is 0. The van der Waals surface area contributed by atoms with Crippen LogP contribution in [0.5, 0.6) is 0 Å². The quantitative estimate of drug-likeness (QED) is 0.614. The molecule has 1 atom stereocenters. The molecule has 0 fully saturated rings. The van der Waals surface area contributed by atoms with Gasteiger partial charge < -0.3 is 10.6 Å². The molecule has 1 unspecified atom stereocenters. The van der Waals surface area contributed by atoms with Crippen molar-refractivity contribution in [3.8, 4) is 0 Å². The SMILES string of the molecule is CCCCCN(CC(C)(CC)CN)C(C)C. The Kier molecular flexibility index (Phi) is 8.04. The van der Waals surface area contributed by atoms with E-state index in [0.29, 0.717) is 6.04 Å². The summed E-state index contributed by atoms with van der Waals surface area (Å²) < 4.78 is 0. The van der Waals surface area contributed by atoms with Gasteiger partial charge in [0.1, 0.15) is 0 Å². The maximum atomic E-state index is 5.89. The molecule has 0 aromatic rings. The van der Waals surface area contributed by atoms with Gasteiger partial charge in [-0.3, -0.25) is 0 Å². The molecule has 2 heteroatoms. The van der Waals surface area contributed by atoms with E-state index in [2.05, 4.69) is 39.5 Å². The topological polar surface area (TPSA) is 29.3 Å². The van der Waals surface area contributed by atoms with Gasteiger partial charge in [0.05, 0.1) is 0 Å². The highest BCUT2D eigenvalue weighted by Gasteiger charge is 2.24. The van der Waals surface area contributed by atoms with Crippen LogP contribution < -0.4 is 5.73 Å². The van der Waals surface area contributed by atoms with Crippen LogP contribution in [0.4, 0.5) is 0 Å². The lowest BCUT2D eigenvalue weighted by Crippen LogP contribution is -2.43. The number of nitrogens with two attached hydrogens (primary N) is 1. The summed E-state index contributed by atoms with van der Waals surface area (Å²) in [6.07, 6.45) is 5.13. The zero-order valence-corrected chi connectivity index (χ0v) is 12.1. The lowest BCUT2D eigenvalue weighted by molar-refractivity contribution is 0.131. The lowest BCUT2D eigenvalue weighted by atomic mass is 9.86. The van der Waals surface area contributed by atoms with Gasteiger partial charge in [0.15, 0.2) is 0 Å². The molecule has 98 valence electrons. The first kappa shape index (κ1) is 15.9. The number of rotatable bonds is 9. The third-order valence-corrected chi connectivity index (χ3v) is 3.71. The Bertz CT molecular complexity index is 162. The summed E-state index contributed by atoms with van der Waals surface area (Å²) in [5.74, 6) is 0. The van der Waals surface area contributed by atoms with E-state index < -0.39 is 0 Å². The van der Waals surface area contributed by atoms with Gasteiger partial charge >= 0.3 is 0 Å². The standard InChI is InChI=1S/C14H32N2/c1-6-8-9-10-16(13(3)4)12-14(5,7-2)11-15/h13H,6-12,15H2,1-5H3. The first-order valence-corrected chi connectivity index (χ1v) is 6.93. The second kappa shape index (κ2) is 8.08. The maximum Gasteiger partial charge on any atom is 0.00500 e. The van der Waals surface area contributed by atoms with Crippen molar-refractivity contribution in [3.05, 3.63) is 0 Å². The zero-order valence-electron chi connectivity index (χ0n) is 12.1. The first-order valence-electron chi connectivity index (χ1n) is 6.93. The monoisotopic (exact) mass is 228 g/mol. The Hall–Kier alpha value is -0.0800. The minimum absolute atomic E-state index is 0.288. The predicted octanol–water partition coefficient (Wildman–Crippen LogP) is 3.26. The third-order valence-electron chi connectivity index (χ3n) is 3.71. The van der Waals surface area contributed by atoms with Gasteiger partial charge in [0, 0.05) is 12.6 Å². The van der Waals surface area contributed by atoms with Gasteiger partial charge in [-0.05, 0) is 45.2 Å². The third kappa shape index (κ3) is 5.86. The summed E-state index contributed by atoms with van der Waals surface area (Å²) in [5.41, 5.74) is 6.18. The molecule has 16 heavy (non-hydrogen) atoms. The van der Waals surface area contributed by atoms with Crippen LogP contribution >= 0.6 is 0 Å². The first-order chi connectivity index (χ1) is 7.49. The summed E-state index contributed by atoms with van der Waals surface area (Å²) in [6, 6.07) is 0.634. The van der Waals surface area contributed by atoms with Crippen molar-refractivity contribution in [3.63, 3.8) is 0 Å². The van der Waals surface area contributed by atoms with E-state index in [4.69, 9.17) is 5.73 Å². The summed E-state index contributed by atoms with van der Waals surface area (Å²) in [4.78, 5) is 2.59. The molecular weight excluding hydrogens is 196 g/mol. The Morgan fingerprint density at radius 1 is 1.19 bits per heavy atom. The molecule has 2 nitrogen and oxygen atoms in total. The van der Waals surface area contributed by atoms with Gasteiger partial charge in [-0.25, -0.2) is 0 Å². The molecule has 0 aliphatic heterocycles. The molecule has 0 aliphatic carbocycles. The van der Waals surface area contributed by atoms with Crippen LogP contribution in [0.25, 0.3) is 0 Å². The fourth-order valence-electron chi connectivity index (χ4n) is 1.90. The minimum Gasteiger partial charge on any atom is -0.330 e. The highest BCUT2D eigenvalue weighted by Crippen LogP contribution is 2.22. The number of hydrogen-bond acceptors (Lipinski definition) is 2. The van der Waals surface area contributed by atoms with Crippen LogP contribution in [0.15, 0.2) is 0 Å². The van der Waals surface area contributed by atoms with E-state index in [9.17, 15) is 0 Å². The smallest absolute Gasteiger partial charge is 0.00500 e. The molecule has 0 saturated carbocycles. The van der Waals surface area contributed by atoms with Gasteiger partial charge in [-0.1, -0.05) is 33.6 Å². The highest BCUT2D eigenvalue weighted by atomic mass is 15.1. The molecule has 0 saturated heterocycles. The molecule has 0 aromatic heterocycles. The predicted molar refractivity (Wildman–Crippen MR) is 73.7 cm³/mol. The molecule has 0 amide bonds. The van der Waals surface area contributed by atoms with Crippen LogP contribution in [-0.4, -0.2) is 30.6 Å². The van der Waals surface area contributed by atoms with E-state index in [1.54, 1.807) is 0 Å². The Balaban J connectivity index is 4.21. The van der Waals surface area contributed by atoms with Gasteiger partial charge in [-0.15, -0.1) is 0 Å². The second-order valence-electron chi connectivity index (χ2n) is 5.64. The molecular formula is C14H32N2. The van der Waals surface area contributed by atoms with Crippen LogP contribution in [-0.2, 0) is 0 Å². The number of hydrogen-bond donors (Lipinski definition) is 1. The van der Waals surface area contributed by atoms with Crippen molar-refractivity contribution in [1.29, 1.82) is 0 Å². The van der Waals surface area contributed by atoms with Crippen LogP contribution in [0, 0.1) is 5.41 Å². The van der Waals surface area contributed by atoms with Gasteiger partial charge in [-0.2, -0.15) is 0 Å². The van der Waals surface area contributed by atoms with Crippen molar-refractivity contribution in [2.24, 2.45) is 11.1 Å². The molecule has 2 N–H and O–H groups in total. The average Bonchev–Trinajstić information content (AvgIpc) is 2.27. The van der Waals surface area contributed by atoms with E-state index in [1.165, 1.54) is 32.2 Å². The zero-order chi connectivity index (χ0) is 12.6. The van der Waals surface area contributed by atoms with E-state index in [1.807, 2.05) is 0 Å². The number of nitrogens with zero attached hydrogens (tertiary/aromatic N) is 1. The average molecular weight is 228 g/mol. The highest BCUT2D eigenvalue weighted by molar-refractivity contribution is 4.79. The maximum absolute atomic E-state index is 5.89. The van der Waals surface area contributed by atoms with Crippen molar-refractivity contribution in [1.82, 2.24) is 4.90 Å². The van der Waals surface area contributed by atoms with Gasteiger partial charge in [0.2, 0.25) is 0 Å². The lowest BCUT2D eigenvalue weighted by Gasteiger charge is -2.36. The molecule has 0 aliphatic rings. The fraction of sp³-hybridized carbons (Fsp3) is 1.00. The molecule has 0 aromatic carbocycles. The Morgan fingerprint density at radius 3 is 2.19 bits per heavy atom. The van der Waals surface area contributed by atoms with Crippen molar-refractivity contribution in [2.75, 3.05) is 19.6 Å². The molecule has 0 rings (SSSR count). The van der Waals surface area contributed by atoms with Crippen molar-refractivity contribution >= 4 is 0 Å². The minimum atomic E-state index is 0.288. The number of unbranched alkanes of at least 4 members (excludes halogenated alkanes) is 2. The molecule has 0 bridgehead atoms. The largest absolute Gasteiger partial charge is 0.330 e. The van der Waals surface area contributed by atoms with Crippen LogP contribution in [0.1, 0.15) is 60.3 Å². The normalized spacial score (nSPS) is 15.8. The summed E-state index contributed by atoms with van der Waals surface area (Å²) in [7, 11) is 0. The van der Waals surface area contributed by atoms with Gasteiger partial charge in [0.25, 0.3) is 0 Å². The fourth-order valence-corrected chi connectivity index (χ4v) is 1.90.